The minimum absolute atomic E-state index is 0.0268. The maximum atomic E-state index is 12.9. The first kappa shape index (κ1) is 10.3. The number of carbonyl (C=O) groups excluding carboxylic acids is 1. The van der Waals surface area contributed by atoms with Gasteiger partial charge in [0.1, 0.15) is 5.82 Å². The summed E-state index contributed by atoms with van der Waals surface area (Å²) in [6.45, 7) is 1.46. The van der Waals surface area contributed by atoms with Crippen LogP contribution < -0.4 is 0 Å². The predicted molar refractivity (Wildman–Crippen MR) is 52.0 cm³/mol. The van der Waals surface area contributed by atoms with Crippen molar-refractivity contribution >= 4 is 15.6 Å². The number of Topliss-reactive ketones (excluding diaryl/α,β-unsaturated/α-hetero) is 1. The number of sulfone groups is 1. The average molecular weight is 228 g/mol. The molecule has 0 bridgehead atoms. The summed E-state index contributed by atoms with van der Waals surface area (Å²) in [7, 11) is -3.54. The molecule has 1 aliphatic rings. The van der Waals surface area contributed by atoms with E-state index in [9.17, 15) is 17.6 Å². The van der Waals surface area contributed by atoms with Crippen molar-refractivity contribution in [1.82, 2.24) is 0 Å². The zero-order chi connectivity index (χ0) is 11.2. The Bertz CT molecular complexity index is 534. The molecule has 5 heteroatoms. The second-order valence-corrected chi connectivity index (χ2v) is 5.96. The van der Waals surface area contributed by atoms with Gasteiger partial charge >= 0.3 is 0 Å². The molecule has 3 nitrogen and oxygen atoms in total. The number of hydrogen-bond donors (Lipinski definition) is 0. The third-order valence-electron chi connectivity index (χ3n) is 2.55. The maximum absolute atomic E-state index is 12.9. The van der Waals surface area contributed by atoms with E-state index in [1.165, 1.54) is 13.0 Å². The molecule has 0 fully saturated rings. The Morgan fingerprint density at radius 2 is 2.07 bits per heavy atom. The summed E-state index contributed by atoms with van der Waals surface area (Å²) >= 11 is 0. The highest BCUT2D eigenvalue weighted by Gasteiger charge is 2.35. The van der Waals surface area contributed by atoms with Crippen LogP contribution in [0.2, 0.25) is 0 Å². The van der Waals surface area contributed by atoms with Gasteiger partial charge in [-0.2, -0.15) is 0 Å². The van der Waals surface area contributed by atoms with E-state index in [1.54, 1.807) is 0 Å². The van der Waals surface area contributed by atoms with Gasteiger partial charge in [-0.25, -0.2) is 12.8 Å². The van der Waals surface area contributed by atoms with Gasteiger partial charge in [-0.1, -0.05) is 0 Å². The SMILES string of the molecule is CC1CC(=O)c2ccc(F)cc2S1(=O)=O. The van der Waals surface area contributed by atoms with E-state index in [1.807, 2.05) is 0 Å². The van der Waals surface area contributed by atoms with Crippen molar-refractivity contribution in [2.45, 2.75) is 23.5 Å². The van der Waals surface area contributed by atoms with Crippen LogP contribution >= 0.6 is 0 Å². The van der Waals surface area contributed by atoms with E-state index in [-0.39, 0.29) is 22.7 Å². The quantitative estimate of drug-likeness (QED) is 0.677. The van der Waals surface area contributed by atoms with Gasteiger partial charge in [0.2, 0.25) is 0 Å². The largest absolute Gasteiger partial charge is 0.294 e. The molecule has 15 heavy (non-hydrogen) atoms. The predicted octanol–water partition coefficient (Wildman–Crippen LogP) is 1.57. The fourth-order valence-electron chi connectivity index (χ4n) is 1.66. The molecule has 0 N–H and O–H groups in total. The first-order chi connectivity index (χ1) is 6.93. The fraction of sp³-hybridized carbons (Fsp3) is 0.300. The molecule has 1 aromatic rings. The first-order valence-corrected chi connectivity index (χ1v) is 6.04. The average Bonchev–Trinajstić information content (AvgIpc) is 2.15. The maximum Gasteiger partial charge on any atom is 0.182 e. The highest BCUT2D eigenvalue weighted by Crippen LogP contribution is 2.29. The third kappa shape index (κ3) is 1.47. The van der Waals surface area contributed by atoms with Gasteiger partial charge < -0.3 is 0 Å². The second kappa shape index (κ2) is 3.13. The van der Waals surface area contributed by atoms with Gasteiger partial charge in [0.15, 0.2) is 15.6 Å². The molecule has 1 aromatic carbocycles. The molecule has 0 aliphatic carbocycles. The van der Waals surface area contributed by atoms with Crippen LogP contribution in [0.3, 0.4) is 0 Å². The standard InChI is InChI=1S/C10H9FO3S/c1-6-4-9(12)8-3-2-7(11)5-10(8)15(6,13)14/h2-3,5-6H,4H2,1H3. The molecule has 0 radical (unpaired) electrons. The highest BCUT2D eigenvalue weighted by atomic mass is 32.2. The lowest BCUT2D eigenvalue weighted by Crippen LogP contribution is -2.29. The Balaban J connectivity index is 2.77. The van der Waals surface area contributed by atoms with Crippen LogP contribution in [0, 0.1) is 5.82 Å². The molecule has 0 aromatic heterocycles. The van der Waals surface area contributed by atoms with Gasteiger partial charge in [0.05, 0.1) is 10.1 Å². The lowest BCUT2D eigenvalue weighted by molar-refractivity contribution is 0.0975. The van der Waals surface area contributed by atoms with Crippen LogP contribution in [0.15, 0.2) is 23.1 Å². The van der Waals surface area contributed by atoms with E-state index in [2.05, 4.69) is 0 Å². The minimum Gasteiger partial charge on any atom is -0.294 e. The van der Waals surface area contributed by atoms with Crippen molar-refractivity contribution in [2.24, 2.45) is 0 Å². The van der Waals surface area contributed by atoms with Crippen LogP contribution in [0.1, 0.15) is 23.7 Å². The summed E-state index contributed by atoms with van der Waals surface area (Å²) in [6.07, 6.45) is -0.0268. The molecule has 0 saturated carbocycles. The number of carbonyl (C=O) groups is 1. The molecular formula is C10H9FO3S. The number of halogens is 1. The van der Waals surface area contributed by atoms with Crippen LogP contribution in [-0.4, -0.2) is 19.5 Å². The van der Waals surface area contributed by atoms with Crippen LogP contribution in [0.4, 0.5) is 4.39 Å². The number of ketones is 1. The van der Waals surface area contributed by atoms with Crippen molar-refractivity contribution in [2.75, 3.05) is 0 Å². The molecule has 0 amide bonds. The summed E-state index contributed by atoms with van der Waals surface area (Å²) in [6, 6.07) is 3.25. The normalized spacial score (nSPS) is 23.6. The number of rotatable bonds is 0. The second-order valence-electron chi connectivity index (χ2n) is 3.62. The van der Waals surface area contributed by atoms with Gasteiger partial charge in [-0.05, 0) is 25.1 Å². The fourth-order valence-corrected chi connectivity index (χ4v) is 3.23. The molecule has 1 unspecified atom stereocenters. The smallest absolute Gasteiger partial charge is 0.182 e. The zero-order valence-corrected chi connectivity index (χ0v) is 8.84. The summed E-state index contributed by atoms with van der Waals surface area (Å²) in [5.41, 5.74) is 0.106. The van der Waals surface area contributed by atoms with Crippen molar-refractivity contribution in [3.05, 3.63) is 29.6 Å². The molecule has 1 heterocycles. The van der Waals surface area contributed by atoms with E-state index in [0.717, 1.165) is 12.1 Å². The van der Waals surface area contributed by atoms with Gasteiger partial charge in [0, 0.05) is 12.0 Å². The Kier molecular flexibility index (Phi) is 2.15. The van der Waals surface area contributed by atoms with E-state index in [4.69, 9.17) is 0 Å². The van der Waals surface area contributed by atoms with Gasteiger partial charge in [-0.3, -0.25) is 4.79 Å². The lowest BCUT2D eigenvalue weighted by atomic mass is 10.1. The summed E-state index contributed by atoms with van der Waals surface area (Å²) in [5, 5.41) is -0.765. The number of benzene rings is 1. The molecule has 1 aliphatic heterocycles. The highest BCUT2D eigenvalue weighted by molar-refractivity contribution is 7.92. The monoisotopic (exact) mass is 228 g/mol. The van der Waals surface area contributed by atoms with Crippen molar-refractivity contribution < 1.29 is 17.6 Å². The molecule has 0 spiro atoms. The van der Waals surface area contributed by atoms with Crippen molar-refractivity contribution in [1.29, 1.82) is 0 Å². The van der Waals surface area contributed by atoms with E-state index in [0.29, 0.717) is 0 Å². The summed E-state index contributed by atoms with van der Waals surface area (Å²) in [5.74, 6) is -0.883. The number of fused-ring (bicyclic) bond motifs is 1. The van der Waals surface area contributed by atoms with Crippen LogP contribution in [0.5, 0.6) is 0 Å². The summed E-state index contributed by atoms with van der Waals surface area (Å²) in [4.78, 5) is 11.3. The van der Waals surface area contributed by atoms with Crippen LogP contribution in [-0.2, 0) is 9.84 Å². The van der Waals surface area contributed by atoms with Crippen molar-refractivity contribution in [3.8, 4) is 0 Å². The Morgan fingerprint density at radius 1 is 1.40 bits per heavy atom. The zero-order valence-electron chi connectivity index (χ0n) is 8.03. The lowest BCUT2D eigenvalue weighted by Gasteiger charge is -2.20. The minimum atomic E-state index is -3.54. The first-order valence-electron chi connectivity index (χ1n) is 4.49. The van der Waals surface area contributed by atoms with Crippen LogP contribution in [0.25, 0.3) is 0 Å². The molecule has 1 atom stereocenters. The third-order valence-corrected chi connectivity index (χ3v) is 4.73. The molecule has 0 saturated heterocycles. The number of hydrogen-bond acceptors (Lipinski definition) is 3. The van der Waals surface area contributed by atoms with Crippen molar-refractivity contribution in [3.63, 3.8) is 0 Å². The topological polar surface area (TPSA) is 51.2 Å². The van der Waals surface area contributed by atoms with E-state index < -0.39 is 20.9 Å². The molecule has 2 rings (SSSR count). The molecular weight excluding hydrogens is 219 g/mol. The van der Waals surface area contributed by atoms with Gasteiger partial charge in [0.25, 0.3) is 0 Å². The Hall–Kier alpha value is -1.23. The van der Waals surface area contributed by atoms with E-state index >= 15 is 0 Å². The Labute approximate surface area is 86.8 Å². The van der Waals surface area contributed by atoms with Gasteiger partial charge in [-0.15, -0.1) is 0 Å². The summed E-state index contributed by atoms with van der Waals surface area (Å²) < 4.78 is 36.5. The Morgan fingerprint density at radius 3 is 2.73 bits per heavy atom. The molecule has 80 valence electrons.